The first-order chi connectivity index (χ1) is 14.1. The van der Waals surface area contributed by atoms with Crippen LogP contribution in [0.15, 0.2) is 60.1 Å². The highest BCUT2D eigenvalue weighted by Gasteiger charge is 2.09. The van der Waals surface area contributed by atoms with Crippen LogP contribution in [0.1, 0.15) is 0 Å². The number of hydrogen-bond acceptors (Lipinski definition) is 9. The Balaban J connectivity index is 1.46. The van der Waals surface area contributed by atoms with Crippen molar-refractivity contribution >= 4 is 55.6 Å². The van der Waals surface area contributed by atoms with Gasteiger partial charge in [-0.05, 0) is 47.9 Å². The monoisotopic (exact) mass is 402 g/mol. The molecular formula is C20H14N6O2S. The number of thiazole rings is 1. The van der Waals surface area contributed by atoms with Gasteiger partial charge in [-0.2, -0.15) is 15.0 Å². The number of phenolic OH excluding ortho intramolecular Hbond substituents is 1. The van der Waals surface area contributed by atoms with Gasteiger partial charge in [-0.15, -0.1) is 11.3 Å². The van der Waals surface area contributed by atoms with E-state index in [0.29, 0.717) is 0 Å². The van der Waals surface area contributed by atoms with E-state index in [-0.39, 0.29) is 17.6 Å². The molecular weight excluding hydrogens is 388 g/mol. The van der Waals surface area contributed by atoms with E-state index in [1.54, 1.807) is 23.7 Å². The van der Waals surface area contributed by atoms with Gasteiger partial charge in [-0.25, -0.2) is 4.98 Å². The number of benzene rings is 3. The second-order valence-corrected chi connectivity index (χ2v) is 7.16. The summed E-state index contributed by atoms with van der Waals surface area (Å²) in [5.41, 5.74) is 4.22. The van der Waals surface area contributed by atoms with Crippen molar-refractivity contribution in [2.75, 3.05) is 10.6 Å². The molecule has 9 heteroatoms. The van der Waals surface area contributed by atoms with E-state index in [1.165, 1.54) is 11.3 Å². The highest BCUT2D eigenvalue weighted by molar-refractivity contribution is 7.16. The van der Waals surface area contributed by atoms with Gasteiger partial charge >= 0.3 is 6.01 Å². The maximum atomic E-state index is 9.96. The summed E-state index contributed by atoms with van der Waals surface area (Å²) >= 11 is 1.54. The number of nitrogens with zero attached hydrogens (tertiary/aromatic N) is 4. The van der Waals surface area contributed by atoms with E-state index in [2.05, 4.69) is 30.6 Å². The zero-order chi connectivity index (χ0) is 19.8. The van der Waals surface area contributed by atoms with Crippen molar-refractivity contribution in [2.45, 2.75) is 0 Å². The minimum atomic E-state index is -0.401. The zero-order valence-corrected chi connectivity index (χ0v) is 15.7. The van der Waals surface area contributed by atoms with Crippen molar-refractivity contribution in [3.05, 3.63) is 60.1 Å². The van der Waals surface area contributed by atoms with Crippen LogP contribution in [0.4, 0.5) is 23.3 Å². The predicted molar refractivity (Wildman–Crippen MR) is 113 cm³/mol. The standard InChI is InChI=1S/C20H14N6O2S/c27-13-5-6-14-11(8-13)2-1-3-15(14)23-19-24-18(25-20(28)26-19)22-12-4-7-16-17(9-12)29-10-21-16/h1-10,27H,(H3,22,23,24,25,26,28). The van der Waals surface area contributed by atoms with E-state index in [4.69, 9.17) is 0 Å². The zero-order valence-electron chi connectivity index (χ0n) is 14.9. The molecule has 5 rings (SSSR count). The van der Waals surface area contributed by atoms with Gasteiger partial charge in [0.1, 0.15) is 5.75 Å². The molecule has 0 aliphatic carbocycles. The van der Waals surface area contributed by atoms with Crippen LogP contribution in [0.2, 0.25) is 0 Å². The molecule has 2 aromatic heterocycles. The Bertz CT molecular complexity index is 1350. The number of anilines is 4. The second-order valence-electron chi connectivity index (χ2n) is 6.28. The maximum Gasteiger partial charge on any atom is 0.320 e. The smallest absolute Gasteiger partial charge is 0.320 e. The van der Waals surface area contributed by atoms with Crippen LogP contribution in [0.25, 0.3) is 21.0 Å². The highest BCUT2D eigenvalue weighted by atomic mass is 32.1. The molecule has 0 aliphatic rings. The summed E-state index contributed by atoms with van der Waals surface area (Å²) in [7, 11) is 0. The van der Waals surface area contributed by atoms with E-state index in [9.17, 15) is 10.2 Å². The molecule has 4 N–H and O–H groups in total. The number of phenols is 1. The van der Waals surface area contributed by atoms with Gasteiger partial charge in [0.25, 0.3) is 0 Å². The number of hydrogen-bond donors (Lipinski definition) is 4. The Labute approximate surface area is 168 Å². The Kier molecular flexibility index (Phi) is 4.07. The topological polar surface area (TPSA) is 116 Å². The number of aromatic hydroxyl groups is 2. The Morgan fingerprint density at radius 2 is 1.69 bits per heavy atom. The number of rotatable bonds is 4. The predicted octanol–water partition coefficient (Wildman–Crippen LogP) is 4.53. The molecule has 5 aromatic rings. The fourth-order valence-electron chi connectivity index (χ4n) is 3.04. The lowest BCUT2D eigenvalue weighted by Gasteiger charge is -2.10. The van der Waals surface area contributed by atoms with E-state index >= 15 is 0 Å². The van der Waals surface area contributed by atoms with Crippen LogP contribution in [0.5, 0.6) is 11.8 Å². The normalized spacial score (nSPS) is 11.0. The molecule has 29 heavy (non-hydrogen) atoms. The van der Waals surface area contributed by atoms with Gasteiger partial charge in [0.15, 0.2) is 0 Å². The third kappa shape index (κ3) is 3.46. The Morgan fingerprint density at radius 1 is 0.828 bits per heavy atom. The molecule has 0 atom stereocenters. The van der Waals surface area contributed by atoms with Gasteiger partial charge in [0.05, 0.1) is 15.7 Å². The van der Waals surface area contributed by atoms with Crippen molar-refractivity contribution in [1.29, 1.82) is 0 Å². The molecule has 0 saturated carbocycles. The molecule has 0 bridgehead atoms. The molecule has 0 amide bonds. The van der Waals surface area contributed by atoms with E-state index < -0.39 is 6.01 Å². The van der Waals surface area contributed by atoms with Gasteiger partial charge < -0.3 is 20.8 Å². The molecule has 0 spiro atoms. The first-order valence-corrected chi connectivity index (χ1v) is 9.56. The number of fused-ring (bicyclic) bond motifs is 2. The van der Waals surface area contributed by atoms with Crippen molar-refractivity contribution < 1.29 is 10.2 Å². The minimum Gasteiger partial charge on any atom is -0.508 e. The van der Waals surface area contributed by atoms with Gasteiger partial charge in [0, 0.05) is 16.8 Å². The van der Waals surface area contributed by atoms with Crippen LogP contribution < -0.4 is 10.6 Å². The van der Waals surface area contributed by atoms with E-state index in [0.717, 1.165) is 32.4 Å². The maximum absolute atomic E-state index is 9.96. The van der Waals surface area contributed by atoms with E-state index in [1.807, 2.05) is 36.4 Å². The lowest BCUT2D eigenvalue weighted by Crippen LogP contribution is -2.03. The molecule has 0 saturated heterocycles. The average Bonchev–Trinajstić information content (AvgIpc) is 3.15. The molecule has 3 aromatic carbocycles. The Morgan fingerprint density at radius 3 is 2.59 bits per heavy atom. The average molecular weight is 402 g/mol. The minimum absolute atomic E-state index is 0.192. The summed E-state index contributed by atoms with van der Waals surface area (Å²) in [4.78, 5) is 16.5. The number of aromatic nitrogens is 4. The summed E-state index contributed by atoms with van der Waals surface area (Å²) in [5.74, 6) is 0.595. The molecule has 0 unspecified atom stereocenters. The Hall–Kier alpha value is -3.98. The van der Waals surface area contributed by atoms with Crippen LogP contribution in [0, 0.1) is 0 Å². The first-order valence-electron chi connectivity index (χ1n) is 8.68. The molecule has 142 valence electrons. The van der Waals surface area contributed by atoms with Crippen LogP contribution in [-0.2, 0) is 0 Å². The van der Waals surface area contributed by atoms with Crippen LogP contribution in [-0.4, -0.2) is 30.1 Å². The lowest BCUT2D eigenvalue weighted by atomic mass is 10.1. The number of nitrogens with one attached hydrogen (secondary N) is 2. The van der Waals surface area contributed by atoms with Crippen molar-refractivity contribution in [3.8, 4) is 11.8 Å². The fraction of sp³-hybridized carbons (Fsp3) is 0. The third-order valence-electron chi connectivity index (χ3n) is 4.32. The van der Waals surface area contributed by atoms with Gasteiger partial charge in [-0.1, -0.05) is 12.1 Å². The molecule has 2 heterocycles. The molecule has 0 radical (unpaired) electrons. The molecule has 8 nitrogen and oxygen atoms in total. The van der Waals surface area contributed by atoms with Crippen molar-refractivity contribution in [1.82, 2.24) is 19.9 Å². The summed E-state index contributed by atoms with van der Waals surface area (Å²) in [6, 6.07) is 16.0. The lowest BCUT2D eigenvalue weighted by molar-refractivity contribution is 0.430. The first kappa shape index (κ1) is 17.1. The summed E-state index contributed by atoms with van der Waals surface area (Å²) in [6.07, 6.45) is 0. The third-order valence-corrected chi connectivity index (χ3v) is 5.11. The van der Waals surface area contributed by atoms with Crippen molar-refractivity contribution in [3.63, 3.8) is 0 Å². The van der Waals surface area contributed by atoms with Gasteiger partial charge in [-0.3, -0.25) is 0 Å². The largest absolute Gasteiger partial charge is 0.508 e. The highest BCUT2D eigenvalue weighted by Crippen LogP contribution is 2.29. The molecule has 0 fully saturated rings. The summed E-state index contributed by atoms with van der Waals surface area (Å²) in [6.45, 7) is 0. The fourth-order valence-corrected chi connectivity index (χ4v) is 3.76. The summed E-state index contributed by atoms with van der Waals surface area (Å²) < 4.78 is 1.03. The van der Waals surface area contributed by atoms with Crippen LogP contribution in [0.3, 0.4) is 0 Å². The van der Waals surface area contributed by atoms with Gasteiger partial charge in [0.2, 0.25) is 11.9 Å². The molecule has 0 aliphatic heterocycles. The summed E-state index contributed by atoms with van der Waals surface area (Å²) in [5, 5.41) is 27.6. The van der Waals surface area contributed by atoms with Crippen molar-refractivity contribution in [2.24, 2.45) is 0 Å². The quantitative estimate of drug-likeness (QED) is 0.346. The second kappa shape index (κ2) is 6.88. The van der Waals surface area contributed by atoms with Crippen LogP contribution >= 0.6 is 11.3 Å². The SMILES string of the molecule is Oc1ccc2c(Nc3nc(O)nc(Nc4ccc5ncsc5c4)n3)cccc2c1.